The number of hydrogen-bond donors (Lipinski definition) is 2. The molecule has 0 aliphatic heterocycles. The van der Waals surface area contributed by atoms with Crippen LogP contribution in [-0.2, 0) is 0 Å². The number of benzene rings is 1. The molecule has 0 saturated carbocycles. The van der Waals surface area contributed by atoms with Crippen LogP contribution < -0.4 is 11.5 Å². The van der Waals surface area contributed by atoms with Crippen molar-refractivity contribution in [2.24, 2.45) is 11.5 Å². The van der Waals surface area contributed by atoms with E-state index in [4.69, 9.17) is 11.5 Å². The molecule has 74 valence electrons. The molecule has 1 aromatic carbocycles. The predicted molar refractivity (Wildman–Crippen MR) is 51.1 cm³/mol. The van der Waals surface area contributed by atoms with Gasteiger partial charge in [0.05, 0.1) is 11.1 Å². The Bertz CT molecular complexity index is 420. The van der Waals surface area contributed by atoms with Crippen molar-refractivity contribution in [2.45, 2.75) is 0 Å². The molecule has 0 aliphatic carbocycles. The first kappa shape index (κ1) is 10.6. The van der Waals surface area contributed by atoms with Gasteiger partial charge in [-0.2, -0.15) is 0 Å². The van der Waals surface area contributed by atoms with Gasteiger partial charge in [0.25, 0.3) is 5.91 Å². The fraction of sp³-hybridized carbons (Fsp3) is 0. The van der Waals surface area contributed by atoms with Crippen molar-refractivity contribution >= 4 is 27.7 Å². The molecule has 0 heterocycles. The van der Waals surface area contributed by atoms with Gasteiger partial charge in [-0.3, -0.25) is 9.59 Å². The SMILES string of the molecule is NC(=O)c1ccc(F)c(C(N)=O)c1Br. The number of primary amides is 2. The normalized spacial score (nSPS) is 9.86. The predicted octanol–water partition coefficient (Wildman–Crippen LogP) is 0.786. The number of halogens is 2. The summed E-state index contributed by atoms with van der Waals surface area (Å²) in [6.07, 6.45) is 0. The van der Waals surface area contributed by atoms with Crippen LogP contribution >= 0.6 is 15.9 Å². The highest BCUT2D eigenvalue weighted by atomic mass is 79.9. The summed E-state index contributed by atoms with van der Waals surface area (Å²) in [5, 5.41) is 0. The van der Waals surface area contributed by atoms with Crippen LogP contribution in [0.2, 0.25) is 0 Å². The Morgan fingerprint density at radius 2 is 1.79 bits per heavy atom. The Morgan fingerprint density at radius 3 is 2.21 bits per heavy atom. The number of amides is 2. The second-order valence-electron chi connectivity index (χ2n) is 2.51. The maximum atomic E-state index is 13.1. The molecule has 0 atom stereocenters. The van der Waals surface area contributed by atoms with Gasteiger partial charge in [-0.15, -0.1) is 0 Å². The first-order chi connectivity index (χ1) is 6.45. The van der Waals surface area contributed by atoms with Gasteiger partial charge in [0.2, 0.25) is 5.91 Å². The lowest BCUT2D eigenvalue weighted by atomic mass is 10.1. The van der Waals surface area contributed by atoms with Crippen molar-refractivity contribution in [3.8, 4) is 0 Å². The fourth-order valence-electron chi connectivity index (χ4n) is 0.969. The molecule has 0 aliphatic rings. The van der Waals surface area contributed by atoms with Crippen LogP contribution in [0.4, 0.5) is 4.39 Å². The Balaban J connectivity index is 3.49. The zero-order valence-electron chi connectivity index (χ0n) is 6.88. The van der Waals surface area contributed by atoms with Crippen LogP contribution in [0.5, 0.6) is 0 Å². The van der Waals surface area contributed by atoms with Gasteiger partial charge in [0, 0.05) is 4.47 Å². The third kappa shape index (κ3) is 1.74. The molecule has 1 rings (SSSR count). The summed E-state index contributed by atoms with van der Waals surface area (Å²) in [7, 11) is 0. The van der Waals surface area contributed by atoms with Gasteiger partial charge in [0.15, 0.2) is 0 Å². The van der Waals surface area contributed by atoms with Crippen LogP contribution in [0.1, 0.15) is 20.7 Å². The molecule has 4 nitrogen and oxygen atoms in total. The molecular formula is C8H6BrFN2O2. The smallest absolute Gasteiger partial charge is 0.252 e. The van der Waals surface area contributed by atoms with Gasteiger partial charge in [-0.05, 0) is 28.1 Å². The lowest BCUT2D eigenvalue weighted by molar-refractivity contribution is 0.0995. The van der Waals surface area contributed by atoms with E-state index >= 15 is 0 Å². The minimum Gasteiger partial charge on any atom is -0.366 e. The molecule has 0 saturated heterocycles. The monoisotopic (exact) mass is 260 g/mol. The number of nitrogens with two attached hydrogens (primary N) is 2. The Kier molecular flexibility index (Phi) is 2.85. The average Bonchev–Trinajstić information content (AvgIpc) is 2.02. The molecule has 0 spiro atoms. The maximum absolute atomic E-state index is 13.1. The average molecular weight is 261 g/mol. The molecule has 0 aromatic heterocycles. The van der Waals surface area contributed by atoms with E-state index in [1.165, 1.54) is 6.07 Å². The molecule has 2 amide bonds. The maximum Gasteiger partial charge on any atom is 0.252 e. The summed E-state index contributed by atoms with van der Waals surface area (Å²) >= 11 is 2.89. The zero-order valence-corrected chi connectivity index (χ0v) is 8.47. The van der Waals surface area contributed by atoms with Gasteiger partial charge in [-0.25, -0.2) is 4.39 Å². The van der Waals surface area contributed by atoms with Crippen molar-refractivity contribution in [3.05, 3.63) is 33.5 Å². The molecule has 0 unspecified atom stereocenters. The molecule has 0 fully saturated rings. The van der Waals surface area contributed by atoms with E-state index in [9.17, 15) is 14.0 Å². The number of carbonyl (C=O) groups is 2. The highest BCUT2D eigenvalue weighted by molar-refractivity contribution is 9.10. The summed E-state index contributed by atoms with van der Waals surface area (Å²) in [5.74, 6) is -2.52. The molecule has 1 aromatic rings. The largest absolute Gasteiger partial charge is 0.366 e. The van der Waals surface area contributed by atoms with E-state index in [-0.39, 0.29) is 15.6 Å². The minimum atomic E-state index is -0.961. The quantitative estimate of drug-likeness (QED) is 0.824. The van der Waals surface area contributed by atoms with Crippen molar-refractivity contribution in [1.29, 1.82) is 0 Å². The van der Waals surface area contributed by atoms with E-state index in [0.29, 0.717) is 0 Å². The number of hydrogen-bond acceptors (Lipinski definition) is 2. The Hall–Kier alpha value is -1.43. The molecule has 0 radical (unpaired) electrons. The van der Waals surface area contributed by atoms with Crippen molar-refractivity contribution in [1.82, 2.24) is 0 Å². The van der Waals surface area contributed by atoms with E-state index < -0.39 is 17.6 Å². The second kappa shape index (κ2) is 3.75. The molecule has 6 heteroatoms. The third-order valence-electron chi connectivity index (χ3n) is 1.60. The van der Waals surface area contributed by atoms with Crippen molar-refractivity contribution < 1.29 is 14.0 Å². The van der Waals surface area contributed by atoms with E-state index in [1.807, 2.05) is 0 Å². The third-order valence-corrected chi connectivity index (χ3v) is 2.43. The highest BCUT2D eigenvalue weighted by Crippen LogP contribution is 2.23. The van der Waals surface area contributed by atoms with Crippen LogP contribution in [0.15, 0.2) is 16.6 Å². The fourth-order valence-corrected chi connectivity index (χ4v) is 1.68. The standard InChI is InChI=1S/C8H6BrFN2O2/c9-6-3(7(11)13)1-2-4(10)5(6)8(12)14/h1-2H,(H2,11,13)(H2,12,14). The van der Waals surface area contributed by atoms with Crippen LogP contribution in [-0.4, -0.2) is 11.8 Å². The van der Waals surface area contributed by atoms with Crippen molar-refractivity contribution in [3.63, 3.8) is 0 Å². The summed E-state index contributed by atoms with van der Waals surface area (Å²) in [5.41, 5.74) is 9.55. The van der Waals surface area contributed by atoms with Gasteiger partial charge in [0.1, 0.15) is 5.82 Å². The lowest BCUT2D eigenvalue weighted by Gasteiger charge is -2.05. The zero-order chi connectivity index (χ0) is 10.9. The van der Waals surface area contributed by atoms with E-state index in [2.05, 4.69) is 15.9 Å². The molecule has 0 bridgehead atoms. The topological polar surface area (TPSA) is 86.2 Å². The van der Waals surface area contributed by atoms with Gasteiger partial charge < -0.3 is 11.5 Å². The summed E-state index contributed by atoms with van der Waals surface area (Å²) < 4.78 is 13.0. The Labute approximate surface area is 87.2 Å². The molecule has 4 N–H and O–H groups in total. The summed E-state index contributed by atoms with van der Waals surface area (Å²) in [6, 6.07) is 2.14. The van der Waals surface area contributed by atoms with Crippen LogP contribution in [0.3, 0.4) is 0 Å². The lowest BCUT2D eigenvalue weighted by Crippen LogP contribution is -2.18. The molecule has 14 heavy (non-hydrogen) atoms. The number of rotatable bonds is 2. The van der Waals surface area contributed by atoms with Gasteiger partial charge >= 0.3 is 0 Å². The summed E-state index contributed by atoms with van der Waals surface area (Å²) in [4.78, 5) is 21.6. The number of carbonyl (C=O) groups excluding carboxylic acids is 2. The highest BCUT2D eigenvalue weighted by Gasteiger charge is 2.18. The van der Waals surface area contributed by atoms with Crippen molar-refractivity contribution in [2.75, 3.05) is 0 Å². The second-order valence-corrected chi connectivity index (χ2v) is 3.31. The van der Waals surface area contributed by atoms with Crippen LogP contribution in [0.25, 0.3) is 0 Å². The first-order valence-corrected chi connectivity index (χ1v) is 4.32. The minimum absolute atomic E-state index is 0.0141. The van der Waals surface area contributed by atoms with Gasteiger partial charge in [-0.1, -0.05) is 0 Å². The first-order valence-electron chi connectivity index (χ1n) is 3.52. The van der Waals surface area contributed by atoms with E-state index in [1.54, 1.807) is 0 Å². The Morgan fingerprint density at radius 1 is 1.21 bits per heavy atom. The molecular weight excluding hydrogens is 255 g/mol. The van der Waals surface area contributed by atoms with Crippen LogP contribution in [0, 0.1) is 5.82 Å². The van der Waals surface area contributed by atoms with E-state index in [0.717, 1.165) is 6.07 Å². The summed E-state index contributed by atoms with van der Waals surface area (Å²) in [6.45, 7) is 0.